The van der Waals surface area contributed by atoms with E-state index >= 15 is 0 Å². The smallest absolute Gasteiger partial charge is 0.274 e. The minimum Gasteiger partial charge on any atom is -0.344 e. The third-order valence-electron chi connectivity index (χ3n) is 4.17. The van der Waals surface area contributed by atoms with Crippen molar-refractivity contribution in [3.05, 3.63) is 24.3 Å². The number of carbonyl (C=O) groups excluding carboxylic acids is 3. The Bertz CT molecular complexity index is 606. The van der Waals surface area contributed by atoms with E-state index in [0.29, 0.717) is 51.1 Å². The van der Waals surface area contributed by atoms with Crippen LogP contribution in [0.15, 0.2) is 18.6 Å². The van der Waals surface area contributed by atoms with Crippen LogP contribution in [0.2, 0.25) is 0 Å². The first-order valence-electron chi connectivity index (χ1n) is 7.78. The lowest BCUT2D eigenvalue weighted by atomic mass is 10.2. The van der Waals surface area contributed by atoms with Crippen LogP contribution in [0.25, 0.3) is 0 Å². The maximum absolute atomic E-state index is 12.4. The number of carbonyl (C=O) groups is 3. The number of nitrogens with one attached hydrogen (secondary N) is 1. The van der Waals surface area contributed by atoms with Crippen LogP contribution in [-0.4, -0.2) is 69.7 Å². The van der Waals surface area contributed by atoms with Crippen molar-refractivity contribution in [3.8, 4) is 0 Å². The second-order valence-electron chi connectivity index (χ2n) is 5.72. The zero-order valence-corrected chi connectivity index (χ0v) is 12.8. The van der Waals surface area contributed by atoms with Gasteiger partial charge in [0.2, 0.25) is 11.8 Å². The van der Waals surface area contributed by atoms with Gasteiger partial charge < -0.3 is 15.1 Å². The number of amides is 3. The Morgan fingerprint density at radius 2 is 1.91 bits per heavy atom. The van der Waals surface area contributed by atoms with E-state index in [1.165, 1.54) is 18.6 Å². The van der Waals surface area contributed by atoms with Gasteiger partial charge in [-0.05, 0) is 12.8 Å². The van der Waals surface area contributed by atoms with Crippen LogP contribution in [0.5, 0.6) is 0 Å². The van der Waals surface area contributed by atoms with Gasteiger partial charge in [-0.25, -0.2) is 4.98 Å². The van der Waals surface area contributed by atoms with E-state index in [4.69, 9.17) is 0 Å². The Morgan fingerprint density at radius 1 is 1.13 bits per heavy atom. The Balaban J connectivity index is 1.60. The van der Waals surface area contributed by atoms with Crippen molar-refractivity contribution in [3.63, 3.8) is 0 Å². The largest absolute Gasteiger partial charge is 0.344 e. The molecule has 0 aromatic carbocycles. The molecular weight excluding hydrogens is 298 g/mol. The summed E-state index contributed by atoms with van der Waals surface area (Å²) in [5.41, 5.74) is 0.315. The number of hydrogen-bond acceptors (Lipinski definition) is 5. The molecule has 2 aliphatic rings. The number of aromatic nitrogens is 2. The van der Waals surface area contributed by atoms with Crippen molar-refractivity contribution in [2.75, 3.05) is 26.2 Å². The fourth-order valence-corrected chi connectivity index (χ4v) is 2.93. The molecule has 8 heteroatoms. The molecule has 1 unspecified atom stereocenters. The quantitative estimate of drug-likeness (QED) is 0.788. The van der Waals surface area contributed by atoms with Crippen molar-refractivity contribution in [2.45, 2.75) is 25.3 Å². The summed E-state index contributed by atoms with van der Waals surface area (Å²) in [4.78, 5) is 47.5. The van der Waals surface area contributed by atoms with Crippen molar-refractivity contribution in [2.24, 2.45) is 0 Å². The molecule has 0 saturated carbocycles. The fourth-order valence-electron chi connectivity index (χ4n) is 2.93. The Morgan fingerprint density at radius 3 is 2.61 bits per heavy atom. The van der Waals surface area contributed by atoms with E-state index in [-0.39, 0.29) is 17.7 Å². The number of nitrogens with zero attached hydrogens (tertiary/aromatic N) is 4. The van der Waals surface area contributed by atoms with Crippen LogP contribution >= 0.6 is 0 Å². The minimum absolute atomic E-state index is 0.0512. The maximum Gasteiger partial charge on any atom is 0.274 e. The van der Waals surface area contributed by atoms with Gasteiger partial charge in [-0.3, -0.25) is 19.4 Å². The van der Waals surface area contributed by atoms with E-state index < -0.39 is 6.04 Å². The molecule has 1 atom stereocenters. The van der Waals surface area contributed by atoms with Crippen LogP contribution < -0.4 is 5.32 Å². The van der Waals surface area contributed by atoms with Gasteiger partial charge in [0.1, 0.15) is 11.7 Å². The lowest BCUT2D eigenvalue weighted by Gasteiger charge is -2.24. The molecule has 0 bridgehead atoms. The zero-order chi connectivity index (χ0) is 16.2. The summed E-state index contributed by atoms with van der Waals surface area (Å²) in [6.45, 7) is 2.10. The maximum atomic E-state index is 12.4. The fraction of sp³-hybridized carbons (Fsp3) is 0.533. The van der Waals surface area contributed by atoms with Crippen LogP contribution in [0.4, 0.5) is 0 Å². The van der Waals surface area contributed by atoms with Gasteiger partial charge in [0.25, 0.3) is 5.91 Å². The third kappa shape index (κ3) is 3.46. The lowest BCUT2D eigenvalue weighted by Crippen LogP contribution is -2.46. The molecule has 1 N–H and O–H groups in total. The first kappa shape index (κ1) is 15.4. The van der Waals surface area contributed by atoms with Crippen LogP contribution in [0.1, 0.15) is 29.8 Å². The predicted molar refractivity (Wildman–Crippen MR) is 80.3 cm³/mol. The second-order valence-corrected chi connectivity index (χ2v) is 5.72. The molecule has 23 heavy (non-hydrogen) atoms. The average Bonchev–Trinajstić information content (AvgIpc) is 2.87. The zero-order valence-electron chi connectivity index (χ0n) is 12.8. The highest BCUT2D eigenvalue weighted by molar-refractivity contribution is 5.92. The molecule has 0 aliphatic carbocycles. The van der Waals surface area contributed by atoms with Gasteiger partial charge in [-0.1, -0.05) is 0 Å². The molecular formula is C15H19N5O3. The topological polar surface area (TPSA) is 95.5 Å². The summed E-state index contributed by atoms with van der Waals surface area (Å²) in [5, 5.41) is 2.70. The molecule has 122 valence electrons. The first-order chi connectivity index (χ1) is 11.1. The molecule has 1 aromatic rings. The summed E-state index contributed by atoms with van der Waals surface area (Å²) in [7, 11) is 0. The van der Waals surface area contributed by atoms with Gasteiger partial charge >= 0.3 is 0 Å². The predicted octanol–water partition coefficient (Wildman–Crippen LogP) is -0.570. The van der Waals surface area contributed by atoms with Gasteiger partial charge in [-0.2, -0.15) is 0 Å². The molecule has 3 rings (SSSR count). The normalized spacial score (nSPS) is 21.7. The van der Waals surface area contributed by atoms with E-state index in [2.05, 4.69) is 15.3 Å². The highest BCUT2D eigenvalue weighted by atomic mass is 16.2. The van der Waals surface area contributed by atoms with Gasteiger partial charge in [0.15, 0.2) is 0 Å². The Labute approximate surface area is 133 Å². The SMILES string of the molecule is O=C1CCC(C(=O)N2CCCN(C(=O)c3cnccn3)CC2)N1. The van der Waals surface area contributed by atoms with E-state index in [9.17, 15) is 14.4 Å². The minimum atomic E-state index is -0.412. The molecule has 8 nitrogen and oxygen atoms in total. The van der Waals surface area contributed by atoms with Crippen molar-refractivity contribution in [1.82, 2.24) is 25.1 Å². The van der Waals surface area contributed by atoms with Crippen molar-refractivity contribution < 1.29 is 14.4 Å². The summed E-state index contributed by atoms with van der Waals surface area (Å²) >= 11 is 0. The molecule has 0 radical (unpaired) electrons. The summed E-state index contributed by atoms with van der Waals surface area (Å²) in [6, 6.07) is -0.412. The van der Waals surface area contributed by atoms with E-state index in [1.807, 2.05) is 0 Å². The van der Waals surface area contributed by atoms with Gasteiger partial charge in [0.05, 0.1) is 6.20 Å². The average molecular weight is 317 g/mol. The first-order valence-corrected chi connectivity index (χ1v) is 7.78. The van der Waals surface area contributed by atoms with Gasteiger partial charge in [0, 0.05) is 45.0 Å². The summed E-state index contributed by atoms with van der Waals surface area (Å²) < 4.78 is 0. The second kappa shape index (κ2) is 6.72. The van der Waals surface area contributed by atoms with Crippen molar-refractivity contribution >= 4 is 17.7 Å². The Kier molecular flexibility index (Phi) is 4.50. The third-order valence-corrected chi connectivity index (χ3v) is 4.17. The number of rotatable bonds is 2. The van der Waals surface area contributed by atoms with Crippen LogP contribution in [0, 0.1) is 0 Å². The van der Waals surface area contributed by atoms with E-state index in [0.717, 1.165) is 0 Å². The van der Waals surface area contributed by atoms with Crippen LogP contribution in [-0.2, 0) is 9.59 Å². The van der Waals surface area contributed by atoms with Crippen LogP contribution in [0.3, 0.4) is 0 Å². The highest BCUT2D eigenvalue weighted by Gasteiger charge is 2.32. The molecule has 3 amide bonds. The molecule has 2 saturated heterocycles. The van der Waals surface area contributed by atoms with E-state index in [1.54, 1.807) is 9.80 Å². The van der Waals surface area contributed by atoms with Gasteiger partial charge in [-0.15, -0.1) is 0 Å². The lowest BCUT2D eigenvalue weighted by molar-refractivity contribution is -0.134. The molecule has 2 fully saturated rings. The Hall–Kier alpha value is -2.51. The summed E-state index contributed by atoms with van der Waals surface area (Å²) in [6.07, 6.45) is 6.12. The number of hydrogen-bond donors (Lipinski definition) is 1. The summed E-state index contributed by atoms with van der Waals surface area (Å²) in [5.74, 6) is -0.288. The highest BCUT2D eigenvalue weighted by Crippen LogP contribution is 2.13. The standard InChI is InChI=1S/C15H19N5O3/c21-13-3-2-11(18-13)14(22)19-6-1-7-20(9-8-19)15(23)12-10-16-4-5-17-12/h4-5,10-11H,1-3,6-9H2,(H,18,21). The molecule has 3 heterocycles. The molecule has 1 aromatic heterocycles. The monoisotopic (exact) mass is 317 g/mol. The molecule has 2 aliphatic heterocycles. The molecule has 0 spiro atoms. The van der Waals surface area contributed by atoms with Crippen molar-refractivity contribution in [1.29, 1.82) is 0 Å².